The zero-order valence-corrected chi connectivity index (χ0v) is 16.2. The zero-order valence-electron chi connectivity index (χ0n) is 15.3. The average Bonchev–Trinajstić information content (AvgIpc) is 2.70. The third-order valence-corrected chi connectivity index (χ3v) is 5.58. The number of hydrogen-bond acceptors (Lipinski definition) is 3. The molecule has 0 unspecified atom stereocenters. The van der Waals surface area contributed by atoms with Crippen molar-refractivity contribution >= 4 is 27.3 Å². The van der Waals surface area contributed by atoms with Crippen molar-refractivity contribution in [1.82, 2.24) is 0 Å². The number of hydrogen-bond donors (Lipinski definition) is 2. The highest BCUT2D eigenvalue weighted by atomic mass is 32.2. The fourth-order valence-corrected chi connectivity index (χ4v) is 3.82. The van der Waals surface area contributed by atoms with E-state index in [2.05, 4.69) is 10.0 Å². The minimum absolute atomic E-state index is 0.0889. The molecule has 0 heterocycles. The molecule has 0 saturated carbocycles. The van der Waals surface area contributed by atoms with E-state index >= 15 is 0 Å². The van der Waals surface area contributed by atoms with Crippen LogP contribution in [0.5, 0.6) is 0 Å². The fourth-order valence-electron chi connectivity index (χ4n) is 2.76. The summed E-state index contributed by atoms with van der Waals surface area (Å²) >= 11 is 0. The van der Waals surface area contributed by atoms with Crippen LogP contribution in [0, 0.1) is 0 Å². The molecule has 28 heavy (non-hydrogen) atoms. The largest absolute Gasteiger partial charge is 0.326 e. The van der Waals surface area contributed by atoms with Crippen molar-refractivity contribution in [2.24, 2.45) is 0 Å². The molecule has 0 spiro atoms. The molecule has 0 atom stereocenters. The van der Waals surface area contributed by atoms with Crippen molar-refractivity contribution in [3.8, 4) is 0 Å². The summed E-state index contributed by atoms with van der Waals surface area (Å²) in [6.45, 7) is 0. The van der Waals surface area contributed by atoms with Gasteiger partial charge in [-0.25, -0.2) is 8.42 Å². The number of aryl methyl sites for hydroxylation is 1. The van der Waals surface area contributed by atoms with Crippen molar-refractivity contribution < 1.29 is 13.2 Å². The minimum atomic E-state index is -3.67. The van der Waals surface area contributed by atoms with Crippen LogP contribution in [0.1, 0.15) is 18.4 Å². The molecule has 3 aromatic carbocycles. The van der Waals surface area contributed by atoms with Gasteiger partial charge in [0.2, 0.25) is 5.91 Å². The highest BCUT2D eigenvalue weighted by molar-refractivity contribution is 7.92. The van der Waals surface area contributed by atoms with Crippen LogP contribution in [-0.2, 0) is 21.2 Å². The maximum atomic E-state index is 12.4. The second-order valence-corrected chi connectivity index (χ2v) is 8.07. The summed E-state index contributed by atoms with van der Waals surface area (Å²) in [4.78, 5) is 12.2. The summed E-state index contributed by atoms with van der Waals surface area (Å²) < 4.78 is 27.3. The average molecular weight is 394 g/mol. The lowest BCUT2D eigenvalue weighted by Crippen LogP contribution is -2.14. The predicted octanol–water partition coefficient (Wildman–Crippen LogP) is 4.45. The Bertz CT molecular complexity index is 1000. The molecule has 1 amide bonds. The smallest absolute Gasteiger partial charge is 0.261 e. The first-order valence-corrected chi connectivity index (χ1v) is 10.5. The van der Waals surface area contributed by atoms with Gasteiger partial charge in [0.15, 0.2) is 0 Å². The Morgan fingerprint density at radius 3 is 2.00 bits per heavy atom. The molecule has 3 aromatic rings. The first kappa shape index (κ1) is 19.6. The highest BCUT2D eigenvalue weighted by Crippen LogP contribution is 2.18. The van der Waals surface area contributed by atoms with Crippen LogP contribution in [0.2, 0.25) is 0 Å². The number of amides is 1. The third kappa shape index (κ3) is 5.69. The van der Waals surface area contributed by atoms with Crippen LogP contribution in [0.3, 0.4) is 0 Å². The molecule has 144 valence electrons. The first-order valence-electron chi connectivity index (χ1n) is 9.05. The maximum absolute atomic E-state index is 12.4. The van der Waals surface area contributed by atoms with Gasteiger partial charge in [-0.2, -0.15) is 0 Å². The van der Waals surface area contributed by atoms with E-state index in [0.717, 1.165) is 12.8 Å². The van der Waals surface area contributed by atoms with Crippen LogP contribution in [-0.4, -0.2) is 14.3 Å². The number of sulfonamides is 1. The van der Waals surface area contributed by atoms with Crippen LogP contribution >= 0.6 is 0 Å². The van der Waals surface area contributed by atoms with E-state index in [4.69, 9.17) is 0 Å². The standard InChI is InChI=1S/C22H22N2O3S/c25-22(13-7-10-18-8-3-1-4-9-18)23-19-14-16-21(17-15-19)28(26,27)24-20-11-5-2-6-12-20/h1-6,8-9,11-12,14-17,24H,7,10,13H2,(H,23,25). The molecule has 0 radical (unpaired) electrons. The first-order chi connectivity index (χ1) is 13.5. The van der Waals surface area contributed by atoms with Crippen LogP contribution in [0.4, 0.5) is 11.4 Å². The minimum Gasteiger partial charge on any atom is -0.326 e. The second kappa shape index (κ2) is 9.19. The molecule has 3 rings (SSSR count). The van der Waals surface area contributed by atoms with Crippen molar-refractivity contribution in [2.75, 3.05) is 10.0 Å². The summed E-state index contributed by atoms with van der Waals surface area (Å²) in [7, 11) is -3.67. The van der Waals surface area contributed by atoms with E-state index in [0.29, 0.717) is 17.8 Å². The Labute approximate surface area is 165 Å². The van der Waals surface area contributed by atoms with E-state index in [1.54, 1.807) is 36.4 Å². The number of benzene rings is 3. The van der Waals surface area contributed by atoms with Crippen molar-refractivity contribution in [3.63, 3.8) is 0 Å². The molecule has 0 aliphatic heterocycles. The summed E-state index contributed by atoms with van der Waals surface area (Å²) in [6, 6.07) is 24.9. The number of carbonyl (C=O) groups is 1. The monoisotopic (exact) mass is 394 g/mol. The Morgan fingerprint density at radius 2 is 1.36 bits per heavy atom. The van der Waals surface area contributed by atoms with Crippen LogP contribution in [0.15, 0.2) is 89.8 Å². The normalized spacial score (nSPS) is 11.0. The number of carbonyl (C=O) groups excluding carboxylic acids is 1. The van der Waals surface area contributed by atoms with Gasteiger partial charge in [0.05, 0.1) is 4.90 Å². The number of anilines is 2. The molecule has 0 aromatic heterocycles. The molecule has 6 heteroatoms. The van der Waals surface area contributed by atoms with Crippen molar-refractivity contribution in [3.05, 3.63) is 90.5 Å². The van der Waals surface area contributed by atoms with Gasteiger partial charge in [0, 0.05) is 17.8 Å². The van der Waals surface area contributed by atoms with Gasteiger partial charge in [-0.1, -0.05) is 48.5 Å². The topological polar surface area (TPSA) is 75.3 Å². The van der Waals surface area contributed by atoms with Gasteiger partial charge in [0.1, 0.15) is 0 Å². The lowest BCUT2D eigenvalue weighted by molar-refractivity contribution is -0.116. The van der Waals surface area contributed by atoms with Gasteiger partial charge in [-0.15, -0.1) is 0 Å². The Kier molecular flexibility index (Phi) is 6.45. The number of rotatable bonds is 8. The predicted molar refractivity (Wildman–Crippen MR) is 112 cm³/mol. The van der Waals surface area contributed by atoms with E-state index in [-0.39, 0.29) is 10.8 Å². The van der Waals surface area contributed by atoms with E-state index in [1.165, 1.54) is 17.7 Å². The SMILES string of the molecule is O=C(CCCc1ccccc1)Nc1ccc(S(=O)(=O)Nc2ccccc2)cc1. The van der Waals surface area contributed by atoms with Gasteiger partial charge in [-0.05, 0) is 54.8 Å². The fraction of sp³-hybridized carbons (Fsp3) is 0.136. The van der Waals surface area contributed by atoms with Gasteiger partial charge in [0.25, 0.3) is 10.0 Å². The van der Waals surface area contributed by atoms with Crippen molar-refractivity contribution in [1.29, 1.82) is 0 Å². The molecule has 0 aliphatic rings. The van der Waals surface area contributed by atoms with Gasteiger partial charge in [-0.3, -0.25) is 9.52 Å². The van der Waals surface area contributed by atoms with Gasteiger partial charge >= 0.3 is 0 Å². The zero-order chi connectivity index (χ0) is 19.8. The molecular formula is C22H22N2O3S. The summed E-state index contributed by atoms with van der Waals surface area (Å²) in [5.74, 6) is -0.0889. The summed E-state index contributed by atoms with van der Waals surface area (Å²) in [5, 5.41) is 2.80. The van der Waals surface area contributed by atoms with E-state index < -0.39 is 10.0 Å². The lowest BCUT2D eigenvalue weighted by Gasteiger charge is -2.09. The Hall–Kier alpha value is -3.12. The molecule has 0 bridgehead atoms. The Morgan fingerprint density at radius 1 is 0.750 bits per heavy atom. The molecule has 0 fully saturated rings. The van der Waals surface area contributed by atoms with E-state index in [9.17, 15) is 13.2 Å². The Balaban J connectivity index is 1.53. The summed E-state index contributed by atoms with van der Waals surface area (Å²) in [5.41, 5.74) is 2.28. The van der Waals surface area contributed by atoms with E-state index in [1.807, 2.05) is 36.4 Å². The number of para-hydroxylation sites is 1. The molecule has 0 aliphatic carbocycles. The third-order valence-electron chi connectivity index (χ3n) is 4.19. The van der Waals surface area contributed by atoms with Crippen LogP contribution < -0.4 is 10.0 Å². The molecule has 0 saturated heterocycles. The number of nitrogens with one attached hydrogen (secondary N) is 2. The highest BCUT2D eigenvalue weighted by Gasteiger charge is 2.14. The molecular weight excluding hydrogens is 372 g/mol. The second-order valence-electron chi connectivity index (χ2n) is 6.38. The maximum Gasteiger partial charge on any atom is 0.261 e. The van der Waals surface area contributed by atoms with Crippen LogP contribution in [0.25, 0.3) is 0 Å². The van der Waals surface area contributed by atoms with Gasteiger partial charge < -0.3 is 5.32 Å². The lowest BCUT2D eigenvalue weighted by atomic mass is 10.1. The molecule has 5 nitrogen and oxygen atoms in total. The molecule has 2 N–H and O–H groups in total. The summed E-state index contributed by atoms with van der Waals surface area (Å²) in [6.07, 6.45) is 2.00. The van der Waals surface area contributed by atoms with Crippen molar-refractivity contribution in [2.45, 2.75) is 24.2 Å². The quantitative estimate of drug-likeness (QED) is 0.593.